The number of benzene rings is 1. The first-order valence-corrected chi connectivity index (χ1v) is 6.53. The van der Waals surface area contributed by atoms with Crippen LogP contribution in [0.4, 0.5) is 14.7 Å². The van der Waals surface area contributed by atoms with E-state index in [4.69, 9.17) is 5.73 Å². The molecule has 0 bridgehead atoms. The molecule has 1 heterocycles. The van der Waals surface area contributed by atoms with Crippen LogP contribution in [0.1, 0.15) is 36.7 Å². The Balaban J connectivity index is 2.12. The monoisotopic (exact) mass is 277 g/mol. The van der Waals surface area contributed by atoms with Gasteiger partial charge in [0.25, 0.3) is 0 Å². The molecular weight excluding hydrogens is 260 g/mol. The average Bonchev–Trinajstić information content (AvgIpc) is 2.39. The summed E-state index contributed by atoms with van der Waals surface area (Å²) in [6.45, 7) is 4.06. The van der Waals surface area contributed by atoms with Gasteiger partial charge in [-0.2, -0.15) is 0 Å². The number of nitrogens with zero attached hydrogens (tertiary/aromatic N) is 2. The van der Waals surface area contributed by atoms with Crippen LogP contribution < -0.4 is 5.73 Å². The number of nitrogens with two attached hydrogens (primary N) is 1. The Kier molecular flexibility index (Phi) is 4.27. The van der Waals surface area contributed by atoms with E-state index in [-0.39, 0.29) is 11.9 Å². The second-order valence-electron chi connectivity index (χ2n) is 5.05. The Morgan fingerprint density at radius 2 is 1.80 bits per heavy atom. The van der Waals surface area contributed by atoms with Crippen molar-refractivity contribution in [3.05, 3.63) is 52.9 Å². The summed E-state index contributed by atoms with van der Waals surface area (Å²) in [5.74, 6) is -1.14. The average molecular weight is 277 g/mol. The molecular formula is C15H17F2N3. The van der Waals surface area contributed by atoms with Gasteiger partial charge in [-0.15, -0.1) is 0 Å². The van der Waals surface area contributed by atoms with E-state index in [0.29, 0.717) is 12.8 Å². The first kappa shape index (κ1) is 14.4. The summed E-state index contributed by atoms with van der Waals surface area (Å²) in [7, 11) is 0. The molecule has 0 atom stereocenters. The number of hydrogen-bond donors (Lipinski definition) is 1. The predicted octanol–water partition coefficient (Wildman–Crippen LogP) is 3.25. The molecule has 2 N–H and O–H groups in total. The van der Waals surface area contributed by atoms with Crippen LogP contribution in [0.25, 0.3) is 0 Å². The fourth-order valence-corrected chi connectivity index (χ4v) is 1.93. The summed E-state index contributed by atoms with van der Waals surface area (Å²) in [5.41, 5.74) is 8.11. The lowest BCUT2D eigenvalue weighted by Gasteiger charge is -2.08. The van der Waals surface area contributed by atoms with Gasteiger partial charge in [0.15, 0.2) is 11.6 Å². The number of halogens is 2. The molecule has 0 saturated heterocycles. The third-order valence-corrected chi connectivity index (χ3v) is 3.06. The van der Waals surface area contributed by atoms with Crippen molar-refractivity contribution in [2.45, 2.75) is 32.6 Å². The van der Waals surface area contributed by atoms with E-state index in [1.54, 1.807) is 6.07 Å². The van der Waals surface area contributed by atoms with Gasteiger partial charge in [0, 0.05) is 11.4 Å². The van der Waals surface area contributed by atoms with Crippen LogP contribution >= 0.6 is 0 Å². The highest BCUT2D eigenvalue weighted by atomic mass is 19.2. The van der Waals surface area contributed by atoms with E-state index in [1.165, 1.54) is 6.07 Å². The summed E-state index contributed by atoms with van der Waals surface area (Å²) in [6.07, 6.45) is 1.18. The molecule has 5 heteroatoms. The second kappa shape index (κ2) is 5.94. The fraction of sp³-hybridized carbons (Fsp3) is 0.333. The molecule has 0 aliphatic rings. The minimum absolute atomic E-state index is 0.247. The molecule has 2 rings (SSSR count). The molecule has 2 aromatic rings. The summed E-state index contributed by atoms with van der Waals surface area (Å²) >= 11 is 0. The van der Waals surface area contributed by atoms with E-state index in [9.17, 15) is 8.78 Å². The maximum Gasteiger partial charge on any atom is 0.220 e. The molecule has 0 spiro atoms. The number of aromatic nitrogens is 2. The first-order valence-electron chi connectivity index (χ1n) is 6.53. The smallest absolute Gasteiger partial charge is 0.220 e. The Labute approximate surface area is 116 Å². The Morgan fingerprint density at radius 3 is 2.45 bits per heavy atom. The first-order chi connectivity index (χ1) is 9.45. The third-order valence-electron chi connectivity index (χ3n) is 3.06. The molecule has 0 aliphatic carbocycles. The van der Waals surface area contributed by atoms with E-state index in [2.05, 4.69) is 9.97 Å². The van der Waals surface area contributed by atoms with Gasteiger partial charge in [0.1, 0.15) is 0 Å². The minimum atomic E-state index is -0.831. The molecule has 1 aromatic carbocycles. The molecule has 3 nitrogen and oxygen atoms in total. The Hall–Kier alpha value is -2.04. The Bertz CT molecular complexity index is 612. The highest BCUT2D eigenvalue weighted by Gasteiger charge is 2.07. The third kappa shape index (κ3) is 3.50. The van der Waals surface area contributed by atoms with E-state index in [0.717, 1.165) is 23.0 Å². The van der Waals surface area contributed by atoms with Crippen molar-refractivity contribution < 1.29 is 8.78 Å². The van der Waals surface area contributed by atoms with Gasteiger partial charge in [0.05, 0.1) is 0 Å². The highest BCUT2D eigenvalue weighted by molar-refractivity contribution is 5.25. The van der Waals surface area contributed by atoms with Crippen molar-refractivity contribution in [3.63, 3.8) is 0 Å². The second-order valence-corrected chi connectivity index (χ2v) is 5.05. The van der Waals surface area contributed by atoms with Gasteiger partial charge >= 0.3 is 0 Å². The van der Waals surface area contributed by atoms with Gasteiger partial charge in [0.2, 0.25) is 5.95 Å². The van der Waals surface area contributed by atoms with Crippen LogP contribution in [0.2, 0.25) is 0 Å². The van der Waals surface area contributed by atoms with E-state index >= 15 is 0 Å². The molecule has 0 fully saturated rings. The number of aryl methyl sites for hydroxylation is 2. The minimum Gasteiger partial charge on any atom is -0.368 e. The lowest BCUT2D eigenvalue weighted by Crippen LogP contribution is -2.05. The summed E-state index contributed by atoms with van der Waals surface area (Å²) in [4.78, 5) is 8.34. The van der Waals surface area contributed by atoms with Crippen molar-refractivity contribution in [2.24, 2.45) is 0 Å². The van der Waals surface area contributed by atoms with Crippen LogP contribution in [0, 0.1) is 11.6 Å². The van der Waals surface area contributed by atoms with Crippen LogP contribution in [-0.2, 0) is 12.8 Å². The number of rotatable bonds is 4. The molecule has 0 saturated carbocycles. The van der Waals surface area contributed by atoms with Gasteiger partial charge in [-0.05, 0) is 42.5 Å². The molecule has 0 unspecified atom stereocenters. The number of hydrogen-bond acceptors (Lipinski definition) is 3. The van der Waals surface area contributed by atoms with Gasteiger partial charge < -0.3 is 5.73 Å². The van der Waals surface area contributed by atoms with E-state index in [1.807, 2.05) is 19.9 Å². The van der Waals surface area contributed by atoms with Crippen LogP contribution in [0.3, 0.4) is 0 Å². The van der Waals surface area contributed by atoms with Crippen LogP contribution in [0.15, 0.2) is 24.3 Å². The fourth-order valence-electron chi connectivity index (χ4n) is 1.93. The zero-order chi connectivity index (χ0) is 14.7. The van der Waals surface area contributed by atoms with E-state index < -0.39 is 11.6 Å². The van der Waals surface area contributed by atoms with Crippen molar-refractivity contribution >= 4 is 5.95 Å². The highest BCUT2D eigenvalue weighted by Crippen LogP contribution is 2.16. The molecule has 106 valence electrons. The maximum absolute atomic E-state index is 13.1. The summed E-state index contributed by atoms with van der Waals surface area (Å²) in [5, 5.41) is 0. The molecule has 0 aliphatic heterocycles. The largest absolute Gasteiger partial charge is 0.368 e. The standard InChI is InChI=1S/C15H17F2N3/c1-9(2)14-8-11(19-15(18)20-14)5-3-10-4-6-12(16)13(17)7-10/h4,6-9H,3,5H2,1-2H3,(H2,18,19,20). The van der Waals surface area contributed by atoms with Crippen molar-refractivity contribution in [3.8, 4) is 0 Å². The van der Waals surface area contributed by atoms with Gasteiger partial charge in [-0.1, -0.05) is 19.9 Å². The molecule has 0 radical (unpaired) electrons. The van der Waals surface area contributed by atoms with Gasteiger partial charge in [-0.3, -0.25) is 0 Å². The SMILES string of the molecule is CC(C)c1cc(CCc2ccc(F)c(F)c2)nc(N)n1. The zero-order valence-corrected chi connectivity index (χ0v) is 11.5. The zero-order valence-electron chi connectivity index (χ0n) is 11.5. The van der Waals surface area contributed by atoms with Crippen LogP contribution in [-0.4, -0.2) is 9.97 Å². The van der Waals surface area contributed by atoms with Crippen molar-refractivity contribution in [1.82, 2.24) is 9.97 Å². The lowest BCUT2D eigenvalue weighted by atomic mass is 10.1. The molecule has 20 heavy (non-hydrogen) atoms. The van der Waals surface area contributed by atoms with Crippen molar-refractivity contribution in [1.29, 1.82) is 0 Å². The predicted molar refractivity (Wildman–Crippen MR) is 74.3 cm³/mol. The number of nitrogen functional groups attached to an aromatic ring is 1. The summed E-state index contributed by atoms with van der Waals surface area (Å²) < 4.78 is 26.0. The quantitative estimate of drug-likeness (QED) is 0.933. The normalized spacial score (nSPS) is 11.1. The topological polar surface area (TPSA) is 51.8 Å². The molecule has 0 amide bonds. The van der Waals surface area contributed by atoms with Crippen molar-refractivity contribution in [2.75, 3.05) is 5.73 Å². The molecule has 1 aromatic heterocycles. The maximum atomic E-state index is 13.1. The van der Waals surface area contributed by atoms with Crippen LogP contribution in [0.5, 0.6) is 0 Å². The summed E-state index contributed by atoms with van der Waals surface area (Å²) in [6, 6.07) is 5.83. The van der Waals surface area contributed by atoms with Gasteiger partial charge in [-0.25, -0.2) is 18.7 Å². The number of anilines is 1. The Morgan fingerprint density at radius 1 is 1.05 bits per heavy atom. The lowest BCUT2D eigenvalue weighted by molar-refractivity contribution is 0.507.